The van der Waals surface area contributed by atoms with Crippen LogP contribution in [0.4, 0.5) is 21.6 Å². The van der Waals surface area contributed by atoms with E-state index in [-0.39, 0.29) is 24.1 Å². The summed E-state index contributed by atoms with van der Waals surface area (Å²) in [6.07, 6.45) is 3.76. The number of nitrogens with one attached hydrogen (secondary N) is 1. The van der Waals surface area contributed by atoms with Gasteiger partial charge in [0.2, 0.25) is 0 Å². The van der Waals surface area contributed by atoms with Gasteiger partial charge in [0.25, 0.3) is 0 Å². The van der Waals surface area contributed by atoms with Crippen molar-refractivity contribution in [2.24, 2.45) is 10.3 Å². The number of hydrogen-bond acceptors (Lipinski definition) is 8. The second-order valence-electron chi connectivity index (χ2n) is 9.31. The molecule has 2 aromatic carbocycles. The first-order valence-electron chi connectivity index (χ1n) is 11.9. The van der Waals surface area contributed by atoms with Crippen LogP contribution >= 0.6 is 0 Å². The number of fused-ring (bicyclic) bond motifs is 2. The van der Waals surface area contributed by atoms with Crippen molar-refractivity contribution >= 4 is 37.8 Å². The third-order valence-corrected chi connectivity index (χ3v) is 9.23. The number of aromatic nitrogens is 2. The smallest absolute Gasteiger partial charge is 0.164 e. The van der Waals surface area contributed by atoms with E-state index in [0.717, 1.165) is 30.2 Å². The summed E-state index contributed by atoms with van der Waals surface area (Å²) in [5, 5.41) is 4.13. The summed E-state index contributed by atoms with van der Waals surface area (Å²) in [6, 6.07) is 8.16. The lowest BCUT2D eigenvalue weighted by molar-refractivity contribution is -0.0906. The summed E-state index contributed by atoms with van der Waals surface area (Å²) >= 11 is 0. The Labute approximate surface area is 203 Å². The lowest BCUT2D eigenvalue weighted by atomic mass is 10.0. The number of hydrogen-bond donors (Lipinski definition) is 1. The number of ether oxygens (including phenoxy) is 3. The van der Waals surface area contributed by atoms with Crippen LogP contribution in [0.1, 0.15) is 24.8 Å². The minimum absolute atomic E-state index is 0.127. The normalized spacial score (nSPS) is 25.0. The number of halogens is 1. The molecular formula is C25H27FN4O4S. The average Bonchev–Trinajstić information content (AvgIpc) is 3.54. The van der Waals surface area contributed by atoms with Gasteiger partial charge in [-0.25, -0.2) is 18.6 Å². The van der Waals surface area contributed by atoms with Crippen LogP contribution in [0.3, 0.4) is 0 Å². The molecule has 3 aliphatic heterocycles. The first kappa shape index (κ1) is 22.6. The van der Waals surface area contributed by atoms with Gasteiger partial charge in [0.15, 0.2) is 6.29 Å². The summed E-state index contributed by atoms with van der Waals surface area (Å²) < 4.78 is 49.1. The maximum atomic E-state index is 14.2. The van der Waals surface area contributed by atoms with Gasteiger partial charge in [0.05, 0.1) is 45.8 Å². The number of benzene rings is 2. The predicted molar refractivity (Wildman–Crippen MR) is 131 cm³/mol. The Morgan fingerprint density at radius 2 is 2.03 bits per heavy atom. The minimum atomic E-state index is -2.18. The molecule has 6 rings (SSSR count). The van der Waals surface area contributed by atoms with Gasteiger partial charge in [-0.05, 0) is 56.0 Å². The molecule has 3 aliphatic rings. The van der Waals surface area contributed by atoms with E-state index in [1.165, 1.54) is 18.5 Å². The van der Waals surface area contributed by atoms with Crippen molar-refractivity contribution in [1.29, 1.82) is 0 Å². The molecule has 0 bridgehead atoms. The third-order valence-electron chi connectivity index (χ3n) is 6.83. The molecule has 3 atom stereocenters. The number of nitrogens with zero attached hydrogens (tertiary/aromatic N) is 3. The van der Waals surface area contributed by atoms with Gasteiger partial charge in [-0.1, -0.05) is 0 Å². The third kappa shape index (κ3) is 4.46. The van der Waals surface area contributed by atoms with E-state index in [1.807, 2.05) is 19.1 Å². The highest BCUT2D eigenvalue weighted by atomic mass is 32.2. The Morgan fingerprint density at radius 3 is 2.89 bits per heavy atom. The molecule has 0 saturated carbocycles. The van der Waals surface area contributed by atoms with Gasteiger partial charge < -0.3 is 19.5 Å². The summed E-state index contributed by atoms with van der Waals surface area (Å²) in [7, 11) is -2.18. The van der Waals surface area contributed by atoms with E-state index in [4.69, 9.17) is 14.2 Å². The second kappa shape index (κ2) is 9.00. The zero-order valence-corrected chi connectivity index (χ0v) is 20.2. The van der Waals surface area contributed by atoms with Crippen LogP contribution in [0.2, 0.25) is 0 Å². The Bertz CT molecular complexity index is 1400. The van der Waals surface area contributed by atoms with Crippen LogP contribution in [0, 0.1) is 18.7 Å². The van der Waals surface area contributed by atoms with Crippen LogP contribution in [-0.4, -0.2) is 51.3 Å². The molecule has 3 saturated heterocycles. The van der Waals surface area contributed by atoms with E-state index in [2.05, 4.69) is 19.6 Å². The quantitative estimate of drug-likeness (QED) is 0.537. The van der Waals surface area contributed by atoms with Gasteiger partial charge in [0.1, 0.15) is 29.8 Å². The van der Waals surface area contributed by atoms with Crippen molar-refractivity contribution in [3.05, 3.63) is 48.0 Å². The lowest BCUT2D eigenvalue weighted by Gasteiger charge is -2.20. The molecule has 35 heavy (non-hydrogen) atoms. The van der Waals surface area contributed by atoms with Crippen molar-refractivity contribution in [2.75, 3.05) is 30.0 Å². The van der Waals surface area contributed by atoms with E-state index in [1.54, 1.807) is 6.07 Å². The molecule has 3 fully saturated rings. The Hall–Kier alpha value is -2.82. The molecule has 3 aromatic rings. The molecule has 8 nitrogen and oxygen atoms in total. The molecule has 0 unspecified atom stereocenters. The fourth-order valence-corrected chi connectivity index (χ4v) is 7.28. The topological polar surface area (TPSA) is 94.9 Å². The monoisotopic (exact) mass is 498 g/mol. The molecule has 184 valence electrons. The summed E-state index contributed by atoms with van der Waals surface area (Å²) in [6.45, 7) is 2.99. The Morgan fingerprint density at radius 1 is 1.17 bits per heavy atom. The highest BCUT2D eigenvalue weighted by Crippen LogP contribution is 2.38. The fourth-order valence-electron chi connectivity index (χ4n) is 5.10. The molecule has 0 aliphatic carbocycles. The molecular weight excluding hydrogens is 471 g/mol. The maximum absolute atomic E-state index is 14.2. The molecule has 0 spiro atoms. The molecule has 1 aromatic heterocycles. The summed E-state index contributed by atoms with van der Waals surface area (Å²) in [5.41, 5.74) is 2.87. The summed E-state index contributed by atoms with van der Waals surface area (Å²) in [5.74, 6) is 1.99. The standard InChI is InChI=1S/C25H27FN4O4S/c1-15-10-17(30-35(31)8-2-3-9-35)12-20-23(15)24(28-14-27-20)29-19-5-4-16(26)11-21(19)34-22-13-33-25-18(22)6-7-32-25/h4-5,10-12,14,18,22,25H,2-3,6-9,13H2,1H3,(H,27,28,29)/t18-,22-,25+/m1/s1. The van der Waals surface area contributed by atoms with Gasteiger partial charge in [-0.2, -0.15) is 4.36 Å². The fraction of sp³-hybridized carbons (Fsp3) is 0.440. The average molecular weight is 499 g/mol. The van der Waals surface area contributed by atoms with Crippen molar-refractivity contribution < 1.29 is 22.8 Å². The Kier molecular flexibility index (Phi) is 5.82. The highest BCUT2D eigenvalue weighted by molar-refractivity contribution is 7.93. The number of anilines is 2. The van der Waals surface area contributed by atoms with Crippen LogP contribution in [0.25, 0.3) is 10.9 Å². The molecule has 1 N–H and O–H groups in total. The molecule has 4 heterocycles. The van der Waals surface area contributed by atoms with Crippen molar-refractivity contribution in [1.82, 2.24) is 9.97 Å². The van der Waals surface area contributed by atoms with Crippen molar-refractivity contribution in [2.45, 2.75) is 38.6 Å². The largest absolute Gasteiger partial charge is 0.485 e. The van der Waals surface area contributed by atoms with Crippen LogP contribution in [0.5, 0.6) is 5.75 Å². The van der Waals surface area contributed by atoms with Crippen LogP contribution in [0.15, 0.2) is 41.0 Å². The van der Waals surface area contributed by atoms with Crippen molar-refractivity contribution in [3.8, 4) is 5.75 Å². The number of aryl methyl sites for hydroxylation is 1. The number of rotatable bonds is 5. The predicted octanol–water partition coefficient (Wildman–Crippen LogP) is 4.85. The second-order valence-corrected chi connectivity index (χ2v) is 11.8. The zero-order chi connectivity index (χ0) is 24.0. The zero-order valence-electron chi connectivity index (χ0n) is 19.4. The van der Waals surface area contributed by atoms with E-state index in [0.29, 0.717) is 53.2 Å². The van der Waals surface area contributed by atoms with Gasteiger partial charge in [0, 0.05) is 23.0 Å². The van der Waals surface area contributed by atoms with Gasteiger partial charge in [-0.15, -0.1) is 0 Å². The Balaban J connectivity index is 1.33. The molecule has 0 amide bonds. The van der Waals surface area contributed by atoms with Gasteiger partial charge >= 0.3 is 0 Å². The van der Waals surface area contributed by atoms with E-state index in [9.17, 15) is 8.60 Å². The first-order chi connectivity index (χ1) is 17.0. The maximum Gasteiger partial charge on any atom is 0.164 e. The first-order valence-corrected chi connectivity index (χ1v) is 13.8. The lowest BCUT2D eigenvalue weighted by Crippen LogP contribution is -2.26. The van der Waals surface area contributed by atoms with Gasteiger partial charge in [-0.3, -0.25) is 0 Å². The SMILES string of the molecule is Cc1cc(N=S2(=O)CCCC2)cc2ncnc(Nc3ccc(F)cc3O[C@@H]3CO[C@@H]4OCC[C@@H]43)c12. The van der Waals surface area contributed by atoms with E-state index >= 15 is 0 Å². The van der Waals surface area contributed by atoms with E-state index < -0.39 is 9.73 Å². The molecule has 10 heteroatoms. The highest BCUT2D eigenvalue weighted by Gasteiger charge is 2.43. The summed E-state index contributed by atoms with van der Waals surface area (Å²) in [4.78, 5) is 8.89. The molecule has 0 radical (unpaired) electrons. The minimum Gasteiger partial charge on any atom is -0.485 e. The van der Waals surface area contributed by atoms with Crippen molar-refractivity contribution in [3.63, 3.8) is 0 Å². The van der Waals surface area contributed by atoms with Crippen LogP contribution in [-0.2, 0) is 19.2 Å². The van der Waals surface area contributed by atoms with Crippen LogP contribution < -0.4 is 10.1 Å².